The highest BCUT2D eigenvalue weighted by Gasteiger charge is 2.53. The van der Waals surface area contributed by atoms with Gasteiger partial charge in [-0.3, -0.25) is 10.2 Å². The van der Waals surface area contributed by atoms with E-state index in [2.05, 4.69) is 5.10 Å². The molecule has 1 atom stereocenters. The molecule has 2 aromatic rings. The highest BCUT2D eigenvalue weighted by Crippen LogP contribution is 2.41. The van der Waals surface area contributed by atoms with Gasteiger partial charge in [0.25, 0.3) is 5.91 Å². The van der Waals surface area contributed by atoms with E-state index in [9.17, 15) is 35.7 Å². The van der Waals surface area contributed by atoms with Gasteiger partial charge in [0, 0.05) is 6.92 Å². The maximum atomic E-state index is 13.0. The number of halogens is 8. The molecule has 1 unspecified atom stereocenters. The van der Waals surface area contributed by atoms with E-state index in [1.54, 1.807) is 0 Å². The van der Waals surface area contributed by atoms with Crippen molar-refractivity contribution in [1.82, 2.24) is 9.78 Å². The Morgan fingerprint density at radius 1 is 1.23 bits per heavy atom. The fourth-order valence-corrected chi connectivity index (χ4v) is 3.80. The third-order valence-corrected chi connectivity index (χ3v) is 5.30. The molecule has 1 aromatic carbocycles. The molecule has 0 fully saturated rings. The molecule has 2 rings (SSSR count). The van der Waals surface area contributed by atoms with Crippen molar-refractivity contribution in [3.05, 3.63) is 33.4 Å². The van der Waals surface area contributed by atoms with Gasteiger partial charge in [-0.15, -0.1) is 17.5 Å². The topological polar surface area (TPSA) is 137 Å². The van der Waals surface area contributed by atoms with Crippen LogP contribution in [0.25, 0.3) is 5.69 Å². The lowest BCUT2D eigenvalue weighted by Crippen LogP contribution is -2.44. The van der Waals surface area contributed by atoms with Crippen molar-refractivity contribution in [2.24, 2.45) is 5.73 Å². The smallest absolute Gasteiger partial charge is 0.585 e. The third kappa shape index (κ3) is 4.78. The predicted molar refractivity (Wildman–Crippen MR) is 101 cm³/mol. The summed E-state index contributed by atoms with van der Waals surface area (Å²) in [5.74, 6) is -3.25. The Morgan fingerprint density at radius 2 is 1.71 bits per heavy atom. The Hall–Kier alpha value is -2.36. The summed E-state index contributed by atoms with van der Waals surface area (Å²) in [5, 5.41) is 9.84. The van der Waals surface area contributed by atoms with E-state index in [0.717, 1.165) is 0 Å². The van der Waals surface area contributed by atoms with Gasteiger partial charge in [-0.1, -0.05) is 23.2 Å². The molecule has 8 nitrogen and oxygen atoms in total. The van der Waals surface area contributed by atoms with Crippen LogP contribution in [0.5, 0.6) is 0 Å². The molecule has 0 saturated heterocycles. The number of aromatic nitrogens is 2. The number of carbonyl (C=O) groups excluding carboxylic acids is 1. The molecule has 31 heavy (non-hydrogen) atoms. The lowest BCUT2D eigenvalue weighted by atomic mass is 10.2. The lowest BCUT2D eigenvalue weighted by Gasteiger charge is -2.23. The number of rotatable bonds is 4. The third-order valence-electron chi connectivity index (χ3n) is 3.56. The van der Waals surface area contributed by atoms with Gasteiger partial charge in [0.2, 0.25) is 0 Å². The summed E-state index contributed by atoms with van der Waals surface area (Å²) in [7, 11) is 0. The zero-order valence-electron chi connectivity index (χ0n) is 14.9. The summed E-state index contributed by atoms with van der Waals surface area (Å²) >= 11 is 7.74. The SMILES string of the molecule is CC(=O)N(c1c(C(=N)N)nn(-c2c(Cl)cc(C(F)(F)F)cc2Cl)c1N)[S+]([O-])C(F)(F)F. The van der Waals surface area contributed by atoms with Crippen LogP contribution < -0.4 is 15.8 Å². The fraction of sp³-hybridized carbons (Fsp3) is 0.214. The van der Waals surface area contributed by atoms with E-state index >= 15 is 0 Å². The average Bonchev–Trinajstić information content (AvgIpc) is 2.90. The Morgan fingerprint density at radius 3 is 2.06 bits per heavy atom. The van der Waals surface area contributed by atoms with Gasteiger partial charge in [0.1, 0.15) is 11.5 Å². The summed E-state index contributed by atoms with van der Waals surface area (Å²) in [6, 6.07) is 0.904. The van der Waals surface area contributed by atoms with Crippen LogP contribution in [-0.4, -0.2) is 31.6 Å². The van der Waals surface area contributed by atoms with Crippen LogP contribution >= 0.6 is 23.2 Å². The minimum atomic E-state index is -5.42. The van der Waals surface area contributed by atoms with Gasteiger partial charge < -0.3 is 16.0 Å². The van der Waals surface area contributed by atoms with E-state index in [0.29, 0.717) is 23.7 Å². The van der Waals surface area contributed by atoms with Crippen LogP contribution in [0.1, 0.15) is 18.2 Å². The Bertz CT molecular complexity index is 1030. The Labute approximate surface area is 182 Å². The molecular weight excluding hydrogens is 501 g/mol. The predicted octanol–water partition coefficient (Wildman–Crippen LogP) is 3.60. The van der Waals surface area contributed by atoms with Gasteiger partial charge in [0.15, 0.2) is 28.6 Å². The Kier molecular flexibility index (Phi) is 6.66. The van der Waals surface area contributed by atoms with Crippen LogP contribution in [0, 0.1) is 5.41 Å². The van der Waals surface area contributed by atoms with Crippen molar-refractivity contribution in [1.29, 1.82) is 5.41 Å². The summed E-state index contributed by atoms with van der Waals surface area (Å²) in [6.07, 6.45) is -4.83. The largest absolute Gasteiger partial charge is 0.599 e. The van der Waals surface area contributed by atoms with E-state index in [-0.39, 0.29) is 4.31 Å². The van der Waals surface area contributed by atoms with Crippen molar-refractivity contribution in [2.45, 2.75) is 18.6 Å². The van der Waals surface area contributed by atoms with E-state index in [1.807, 2.05) is 0 Å². The highest BCUT2D eigenvalue weighted by molar-refractivity contribution is 7.94. The minimum absolute atomic E-state index is 0.304. The molecule has 17 heteroatoms. The first-order valence-electron chi connectivity index (χ1n) is 7.57. The maximum absolute atomic E-state index is 13.0. The molecule has 1 heterocycles. The molecule has 1 amide bonds. The van der Waals surface area contributed by atoms with Crippen LogP contribution in [0.2, 0.25) is 10.0 Å². The summed E-state index contributed by atoms with van der Waals surface area (Å²) in [4.78, 5) is 11.8. The zero-order valence-corrected chi connectivity index (χ0v) is 17.2. The number of benzene rings is 1. The molecule has 0 aliphatic heterocycles. The lowest BCUT2D eigenvalue weighted by molar-refractivity contribution is -0.137. The van der Waals surface area contributed by atoms with Gasteiger partial charge in [-0.2, -0.15) is 18.3 Å². The summed E-state index contributed by atoms with van der Waals surface area (Å²) < 4.78 is 90.0. The number of hydrogen-bond donors (Lipinski definition) is 3. The van der Waals surface area contributed by atoms with Crippen LogP contribution in [0.15, 0.2) is 12.1 Å². The number of nitrogens with one attached hydrogen (secondary N) is 1. The van der Waals surface area contributed by atoms with Gasteiger partial charge in [-0.05, 0) is 12.1 Å². The molecule has 0 spiro atoms. The van der Waals surface area contributed by atoms with Crippen molar-refractivity contribution in [2.75, 3.05) is 10.0 Å². The number of alkyl halides is 6. The van der Waals surface area contributed by atoms with Crippen molar-refractivity contribution < 1.29 is 35.7 Å². The van der Waals surface area contributed by atoms with E-state index < -0.39 is 73.3 Å². The first-order valence-corrected chi connectivity index (χ1v) is 9.43. The molecule has 5 N–H and O–H groups in total. The van der Waals surface area contributed by atoms with Crippen molar-refractivity contribution in [3.63, 3.8) is 0 Å². The number of nitrogens with two attached hydrogens (primary N) is 2. The summed E-state index contributed by atoms with van der Waals surface area (Å²) in [6.45, 7) is 0.627. The molecule has 170 valence electrons. The second kappa shape index (κ2) is 8.29. The standard InChI is InChI=1S/C14H10Cl2F6N6O2S/c1-4(29)28(31(30)14(20,21)22)10-8(11(23)24)26-27(12(10)25)9-6(15)2-5(3-7(9)16)13(17,18)19/h2-3H,25H2,1H3,(H3,23,24). The molecule has 0 bridgehead atoms. The second-order valence-corrected chi connectivity index (χ2v) is 7.84. The highest BCUT2D eigenvalue weighted by atomic mass is 35.5. The van der Waals surface area contributed by atoms with E-state index in [1.165, 1.54) is 0 Å². The van der Waals surface area contributed by atoms with Crippen molar-refractivity contribution in [3.8, 4) is 5.69 Å². The quantitative estimate of drug-likeness (QED) is 0.249. The monoisotopic (exact) mass is 510 g/mol. The normalized spacial score (nSPS) is 13.2. The summed E-state index contributed by atoms with van der Waals surface area (Å²) in [5.41, 5.74) is 2.10. The van der Waals surface area contributed by atoms with Crippen molar-refractivity contribution >= 4 is 57.8 Å². The van der Waals surface area contributed by atoms with Crippen LogP contribution in [0.4, 0.5) is 37.8 Å². The van der Waals surface area contributed by atoms with Gasteiger partial charge in [-0.25, -0.2) is 4.68 Å². The number of anilines is 2. The molecule has 0 saturated carbocycles. The van der Waals surface area contributed by atoms with Crippen LogP contribution in [-0.2, 0) is 22.3 Å². The maximum Gasteiger partial charge on any atom is 0.599 e. The molecule has 1 aromatic heterocycles. The number of carbonyl (C=O) groups is 1. The number of amidine groups is 1. The number of nitrogens with zero attached hydrogens (tertiary/aromatic N) is 3. The minimum Gasteiger partial charge on any atom is -0.585 e. The number of nitrogen functional groups attached to an aromatic ring is 2. The second-order valence-electron chi connectivity index (χ2n) is 5.70. The first-order chi connectivity index (χ1) is 14.0. The first kappa shape index (κ1) is 24.9. The zero-order chi connectivity index (χ0) is 24.0. The fourth-order valence-electron chi connectivity index (χ4n) is 2.37. The van der Waals surface area contributed by atoms with Crippen LogP contribution in [0.3, 0.4) is 0 Å². The van der Waals surface area contributed by atoms with E-state index in [4.69, 9.17) is 40.1 Å². The average molecular weight is 511 g/mol. The van der Waals surface area contributed by atoms with Gasteiger partial charge in [0.05, 0.1) is 15.6 Å². The van der Waals surface area contributed by atoms with Gasteiger partial charge >= 0.3 is 11.7 Å². The number of hydrogen-bond acceptors (Lipinski definition) is 5. The Balaban J connectivity index is 2.83. The molecule has 0 aliphatic carbocycles. The molecule has 0 aliphatic rings. The number of amides is 1. The molecular formula is C14H10Cl2F6N6O2S. The molecule has 0 radical (unpaired) electrons.